The van der Waals surface area contributed by atoms with Crippen molar-refractivity contribution >= 4 is 5.97 Å². The Morgan fingerprint density at radius 1 is 1.47 bits per heavy atom. The molecule has 6 heteroatoms. The number of carbonyl (C=O) groups is 1. The van der Waals surface area contributed by atoms with Crippen molar-refractivity contribution in [3.05, 3.63) is 23.3 Å². The number of nitrogens with zero attached hydrogens (tertiary/aromatic N) is 3. The van der Waals surface area contributed by atoms with Gasteiger partial charge < -0.3 is 9.47 Å². The van der Waals surface area contributed by atoms with Crippen LogP contribution in [-0.4, -0.2) is 48.1 Å². The monoisotopic (exact) mass is 265 g/mol. The predicted molar refractivity (Wildman–Crippen MR) is 68.4 cm³/mol. The van der Waals surface area contributed by atoms with E-state index < -0.39 is 0 Å². The van der Waals surface area contributed by atoms with Gasteiger partial charge in [-0.2, -0.15) is 0 Å². The molecule has 0 aliphatic carbocycles. The van der Waals surface area contributed by atoms with E-state index in [9.17, 15) is 4.79 Å². The van der Waals surface area contributed by atoms with Crippen molar-refractivity contribution in [1.29, 1.82) is 0 Å². The smallest absolute Gasteiger partial charge is 0.306 e. The zero-order valence-electron chi connectivity index (χ0n) is 11.4. The van der Waals surface area contributed by atoms with Crippen LogP contribution in [0.3, 0.4) is 0 Å². The standard InChI is InChI=1S/C13H19N3O3/c1-18-9-12-14-7-10-8-16(5-3-11(10)15-12)6-4-13(17)19-2/h7H,3-6,8-9H2,1-2H3. The van der Waals surface area contributed by atoms with Crippen LogP contribution in [0.1, 0.15) is 23.5 Å². The lowest BCUT2D eigenvalue weighted by atomic mass is 10.1. The minimum absolute atomic E-state index is 0.169. The summed E-state index contributed by atoms with van der Waals surface area (Å²) < 4.78 is 9.68. The van der Waals surface area contributed by atoms with Crippen molar-refractivity contribution in [3.8, 4) is 0 Å². The number of esters is 1. The highest BCUT2D eigenvalue weighted by molar-refractivity contribution is 5.69. The molecule has 0 aromatic carbocycles. The second-order valence-electron chi connectivity index (χ2n) is 4.54. The van der Waals surface area contributed by atoms with Crippen molar-refractivity contribution < 1.29 is 14.3 Å². The lowest BCUT2D eigenvalue weighted by Gasteiger charge is -2.27. The van der Waals surface area contributed by atoms with Crippen LogP contribution < -0.4 is 0 Å². The maximum Gasteiger partial charge on any atom is 0.306 e. The second-order valence-corrected chi connectivity index (χ2v) is 4.54. The molecule has 0 N–H and O–H groups in total. The van der Waals surface area contributed by atoms with E-state index in [-0.39, 0.29) is 5.97 Å². The molecule has 0 saturated heterocycles. The third kappa shape index (κ3) is 3.71. The molecule has 1 aliphatic heterocycles. The van der Waals surface area contributed by atoms with Crippen LogP contribution >= 0.6 is 0 Å². The van der Waals surface area contributed by atoms with Crippen LogP contribution in [0.15, 0.2) is 6.20 Å². The summed E-state index contributed by atoms with van der Waals surface area (Å²) >= 11 is 0. The molecule has 1 aromatic rings. The lowest BCUT2D eigenvalue weighted by Crippen LogP contribution is -2.33. The molecule has 0 saturated carbocycles. The molecule has 104 valence electrons. The van der Waals surface area contributed by atoms with E-state index in [2.05, 4.69) is 19.6 Å². The first-order chi connectivity index (χ1) is 9.22. The Balaban J connectivity index is 1.94. The van der Waals surface area contributed by atoms with Crippen LogP contribution in [0.5, 0.6) is 0 Å². The molecule has 0 bridgehead atoms. The van der Waals surface area contributed by atoms with Crippen molar-refractivity contribution in [3.63, 3.8) is 0 Å². The van der Waals surface area contributed by atoms with Crippen LogP contribution in [-0.2, 0) is 33.8 Å². The number of methoxy groups -OCH3 is 2. The molecule has 0 amide bonds. The van der Waals surface area contributed by atoms with E-state index in [1.54, 1.807) is 7.11 Å². The van der Waals surface area contributed by atoms with Crippen molar-refractivity contribution in [2.45, 2.75) is 26.0 Å². The molecular formula is C13H19N3O3. The lowest BCUT2D eigenvalue weighted by molar-refractivity contribution is -0.141. The van der Waals surface area contributed by atoms with E-state index in [0.717, 1.165) is 36.6 Å². The average Bonchev–Trinajstić information content (AvgIpc) is 2.45. The molecule has 0 unspecified atom stereocenters. The molecule has 6 nitrogen and oxygen atoms in total. The van der Waals surface area contributed by atoms with Gasteiger partial charge in [-0.1, -0.05) is 0 Å². The molecule has 0 radical (unpaired) electrons. The minimum Gasteiger partial charge on any atom is -0.469 e. The predicted octanol–water partition coefficient (Wildman–Crippen LogP) is 0.544. The number of aromatic nitrogens is 2. The number of hydrogen-bond donors (Lipinski definition) is 0. The first-order valence-electron chi connectivity index (χ1n) is 6.34. The number of carbonyl (C=O) groups excluding carboxylic acids is 1. The van der Waals surface area contributed by atoms with Gasteiger partial charge in [-0.05, 0) is 0 Å². The van der Waals surface area contributed by atoms with Gasteiger partial charge in [0.25, 0.3) is 0 Å². The largest absolute Gasteiger partial charge is 0.469 e. The van der Waals surface area contributed by atoms with Crippen molar-refractivity contribution in [1.82, 2.24) is 14.9 Å². The molecule has 2 rings (SSSR count). The average molecular weight is 265 g/mol. The Kier molecular flexibility index (Phi) is 4.81. The minimum atomic E-state index is -0.169. The normalized spacial score (nSPS) is 15.1. The van der Waals surface area contributed by atoms with E-state index in [1.807, 2.05) is 6.20 Å². The number of hydrogen-bond acceptors (Lipinski definition) is 6. The topological polar surface area (TPSA) is 64.6 Å². The summed E-state index contributed by atoms with van der Waals surface area (Å²) in [5, 5.41) is 0. The maximum absolute atomic E-state index is 11.1. The summed E-state index contributed by atoms with van der Waals surface area (Å²) in [6.07, 6.45) is 3.17. The third-order valence-electron chi connectivity index (χ3n) is 3.20. The van der Waals surface area contributed by atoms with Gasteiger partial charge in [0.05, 0.1) is 13.5 Å². The SMILES string of the molecule is COCc1ncc2c(n1)CCN(CCC(=O)OC)C2. The summed E-state index contributed by atoms with van der Waals surface area (Å²) in [4.78, 5) is 22.1. The first kappa shape index (κ1) is 13.9. The molecule has 2 heterocycles. The number of rotatable bonds is 5. The number of ether oxygens (including phenoxy) is 2. The van der Waals surface area contributed by atoms with Gasteiger partial charge >= 0.3 is 5.97 Å². The summed E-state index contributed by atoms with van der Waals surface area (Å²) in [6, 6.07) is 0. The molecule has 0 atom stereocenters. The van der Waals surface area contributed by atoms with Gasteiger partial charge in [-0.15, -0.1) is 0 Å². The summed E-state index contributed by atoms with van der Waals surface area (Å²) in [5.74, 6) is 0.557. The van der Waals surface area contributed by atoms with Crippen LogP contribution in [0.2, 0.25) is 0 Å². The van der Waals surface area contributed by atoms with E-state index >= 15 is 0 Å². The molecule has 19 heavy (non-hydrogen) atoms. The van der Waals surface area contributed by atoms with Crippen LogP contribution in [0, 0.1) is 0 Å². The fraction of sp³-hybridized carbons (Fsp3) is 0.615. The van der Waals surface area contributed by atoms with Gasteiger partial charge in [-0.3, -0.25) is 9.69 Å². The van der Waals surface area contributed by atoms with Gasteiger partial charge in [-0.25, -0.2) is 9.97 Å². The van der Waals surface area contributed by atoms with E-state index in [1.165, 1.54) is 7.11 Å². The van der Waals surface area contributed by atoms with Crippen molar-refractivity contribution in [2.75, 3.05) is 27.3 Å². The molecular weight excluding hydrogens is 246 g/mol. The van der Waals surface area contributed by atoms with E-state index in [4.69, 9.17) is 4.74 Å². The molecule has 1 aromatic heterocycles. The fourth-order valence-corrected chi connectivity index (χ4v) is 2.16. The first-order valence-corrected chi connectivity index (χ1v) is 6.34. The number of fused-ring (bicyclic) bond motifs is 1. The van der Waals surface area contributed by atoms with Gasteiger partial charge in [0.15, 0.2) is 5.82 Å². The van der Waals surface area contributed by atoms with Crippen LogP contribution in [0.4, 0.5) is 0 Å². The molecule has 0 fully saturated rings. The molecule has 1 aliphatic rings. The highest BCUT2D eigenvalue weighted by Gasteiger charge is 2.18. The highest BCUT2D eigenvalue weighted by Crippen LogP contribution is 2.16. The Labute approximate surface area is 112 Å². The summed E-state index contributed by atoms with van der Waals surface area (Å²) in [7, 11) is 3.05. The zero-order chi connectivity index (χ0) is 13.7. The van der Waals surface area contributed by atoms with Gasteiger partial charge in [0.1, 0.15) is 6.61 Å². The summed E-state index contributed by atoms with van der Waals surface area (Å²) in [6.45, 7) is 2.86. The Morgan fingerprint density at radius 3 is 3.05 bits per heavy atom. The quantitative estimate of drug-likeness (QED) is 0.724. The Morgan fingerprint density at radius 2 is 2.32 bits per heavy atom. The fourth-order valence-electron chi connectivity index (χ4n) is 2.16. The van der Waals surface area contributed by atoms with Crippen molar-refractivity contribution in [2.24, 2.45) is 0 Å². The Bertz CT molecular complexity index is 451. The van der Waals surface area contributed by atoms with Crippen LogP contribution in [0.25, 0.3) is 0 Å². The van der Waals surface area contributed by atoms with Gasteiger partial charge in [0, 0.05) is 50.6 Å². The third-order valence-corrected chi connectivity index (χ3v) is 3.20. The zero-order valence-corrected chi connectivity index (χ0v) is 11.4. The summed E-state index contributed by atoms with van der Waals surface area (Å²) in [5.41, 5.74) is 2.23. The second kappa shape index (κ2) is 6.58. The van der Waals surface area contributed by atoms with Gasteiger partial charge in [0.2, 0.25) is 0 Å². The highest BCUT2D eigenvalue weighted by atomic mass is 16.5. The Hall–Kier alpha value is -1.53. The van der Waals surface area contributed by atoms with E-state index in [0.29, 0.717) is 19.6 Å². The maximum atomic E-state index is 11.1. The molecule has 0 spiro atoms.